The number of aromatic nitrogens is 2. The highest BCUT2D eigenvalue weighted by molar-refractivity contribution is 5.93. The molecule has 6 heteroatoms. The molecule has 0 fully saturated rings. The molecule has 0 bridgehead atoms. The van der Waals surface area contributed by atoms with Crippen LogP contribution in [0.5, 0.6) is 0 Å². The summed E-state index contributed by atoms with van der Waals surface area (Å²) >= 11 is 0. The summed E-state index contributed by atoms with van der Waals surface area (Å²) in [5, 5.41) is 6.10. The lowest BCUT2D eigenvalue weighted by molar-refractivity contribution is 0.0945. The van der Waals surface area contributed by atoms with Crippen LogP contribution < -0.4 is 10.6 Å². The predicted octanol–water partition coefficient (Wildman–Crippen LogP) is 4.72. The molecule has 0 saturated heterocycles. The molecule has 0 spiro atoms. The Morgan fingerprint density at radius 1 is 1.07 bits per heavy atom. The Kier molecular flexibility index (Phi) is 5.99. The summed E-state index contributed by atoms with van der Waals surface area (Å²) in [6.45, 7) is 6.29. The van der Waals surface area contributed by atoms with Gasteiger partial charge in [-0.2, -0.15) is 0 Å². The van der Waals surface area contributed by atoms with Gasteiger partial charge in [0, 0.05) is 18.3 Å². The van der Waals surface area contributed by atoms with Crippen molar-refractivity contribution in [1.82, 2.24) is 15.3 Å². The van der Waals surface area contributed by atoms with Crippen molar-refractivity contribution in [2.45, 2.75) is 33.2 Å². The molecule has 28 heavy (non-hydrogen) atoms. The molecular weight excluding hydrogens is 355 g/mol. The lowest BCUT2D eigenvalue weighted by Crippen LogP contribution is -2.24. The average molecular weight is 378 g/mol. The third kappa shape index (κ3) is 4.91. The number of rotatable bonds is 6. The Labute approximate surface area is 164 Å². The van der Waals surface area contributed by atoms with Crippen LogP contribution in [0, 0.1) is 12.7 Å². The number of halogens is 1. The number of aryl methyl sites for hydroxylation is 1. The second-order valence-corrected chi connectivity index (χ2v) is 6.86. The maximum atomic E-state index is 13.0. The van der Waals surface area contributed by atoms with Crippen molar-refractivity contribution in [1.29, 1.82) is 0 Å². The number of anilines is 2. The molecule has 0 radical (unpaired) electrons. The first-order valence-electron chi connectivity index (χ1n) is 9.16. The number of hydrogen-bond acceptors (Lipinski definition) is 4. The molecule has 0 aliphatic rings. The molecule has 1 heterocycles. The fourth-order valence-corrected chi connectivity index (χ4v) is 2.88. The number of carbonyl (C=O) groups excluding carboxylic acids is 1. The minimum absolute atomic E-state index is 0.277. The van der Waals surface area contributed by atoms with E-state index in [4.69, 9.17) is 0 Å². The molecule has 0 unspecified atom stereocenters. The van der Waals surface area contributed by atoms with Gasteiger partial charge in [0.05, 0.1) is 0 Å². The SMILES string of the molecule is Cc1nc(Nc2ccccc2C(C)C)cc(C(=O)NCc2ccc(F)cc2)n1. The Bertz CT molecular complexity index is 971. The van der Waals surface area contributed by atoms with Crippen LogP contribution in [0.1, 0.15) is 47.2 Å². The van der Waals surface area contributed by atoms with Gasteiger partial charge in [0.15, 0.2) is 0 Å². The smallest absolute Gasteiger partial charge is 0.270 e. The first-order valence-corrected chi connectivity index (χ1v) is 9.16. The highest BCUT2D eigenvalue weighted by atomic mass is 19.1. The molecule has 144 valence electrons. The van der Waals surface area contributed by atoms with E-state index >= 15 is 0 Å². The maximum absolute atomic E-state index is 13.0. The van der Waals surface area contributed by atoms with Crippen LogP contribution in [0.4, 0.5) is 15.9 Å². The highest BCUT2D eigenvalue weighted by Crippen LogP contribution is 2.26. The summed E-state index contributed by atoms with van der Waals surface area (Å²) in [7, 11) is 0. The van der Waals surface area contributed by atoms with Crippen molar-refractivity contribution >= 4 is 17.4 Å². The molecule has 0 atom stereocenters. The molecule has 2 N–H and O–H groups in total. The van der Waals surface area contributed by atoms with E-state index in [0.29, 0.717) is 24.1 Å². The summed E-state index contributed by atoms with van der Waals surface area (Å²) < 4.78 is 13.0. The monoisotopic (exact) mass is 378 g/mol. The van der Waals surface area contributed by atoms with Crippen LogP contribution in [0.2, 0.25) is 0 Å². The molecular formula is C22H23FN4O. The van der Waals surface area contributed by atoms with Gasteiger partial charge < -0.3 is 10.6 Å². The quantitative estimate of drug-likeness (QED) is 0.651. The largest absolute Gasteiger partial charge is 0.347 e. The van der Waals surface area contributed by atoms with Gasteiger partial charge in [-0.15, -0.1) is 0 Å². The Morgan fingerprint density at radius 3 is 2.50 bits per heavy atom. The normalized spacial score (nSPS) is 10.8. The van der Waals surface area contributed by atoms with E-state index in [2.05, 4.69) is 40.5 Å². The number of amides is 1. The molecule has 0 aliphatic heterocycles. The van der Waals surface area contributed by atoms with Crippen molar-refractivity contribution in [3.63, 3.8) is 0 Å². The van der Waals surface area contributed by atoms with E-state index in [9.17, 15) is 9.18 Å². The number of nitrogens with one attached hydrogen (secondary N) is 2. The molecule has 0 saturated carbocycles. The van der Waals surface area contributed by atoms with Crippen molar-refractivity contribution in [2.75, 3.05) is 5.32 Å². The molecule has 5 nitrogen and oxygen atoms in total. The summed E-state index contributed by atoms with van der Waals surface area (Å²) in [5.41, 5.74) is 3.21. The molecule has 1 aromatic heterocycles. The Morgan fingerprint density at radius 2 is 1.79 bits per heavy atom. The van der Waals surface area contributed by atoms with Gasteiger partial charge in [-0.05, 0) is 42.2 Å². The van der Waals surface area contributed by atoms with Gasteiger partial charge >= 0.3 is 0 Å². The fourth-order valence-electron chi connectivity index (χ4n) is 2.88. The number of para-hydroxylation sites is 1. The van der Waals surface area contributed by atoms with Crippen LogP contribution >= 0.6 is 0 Å². The van der Waals surface area contributed by atoms with Crippen molar-refractivity contribution in [2.24, 2.45) is 0 Å². The van der Waals surface area contributed by atoms with E-state index in [1.54, 1.807) is 25.1 Å². The second kappa shape index (κ2) is 8.61. The number of carbonyl (C=O) groups is 1. The minimum atomic E-state index is -0.310. The second-order valence-electron chi connectivity index (χ2n) is 6.86. The van der Waals surface area contributed by atoms with E-state index in [0.717, 1.165) is 11.3 Å². The molecule has 0 aliphatic carbocycles. The van der Waals surface area contributed by atoms with Gasteiger partial charge in [0.2, 0.25) is 0 Å². The number of benzene rings is 2. The van der Waals surface area contributed by atoms with Crippen LogP contribution in [0.25, 0.3) is 0 Å². The zero-order chi connectivity index (χ0) is 20.1. The number of nitrogens with zero attached hydrogens (tertiary/aromatic N) is 2. The predicted molar refractivity (Wildman–Crippen MR) is 108 cm³/mol. The zero-order valence-corrected chi connectivity index (χ0v) is 16.2. The van der Waals surface area contributed by atoms with Crippen LogP contribution in [0.15, 0.2) is 54.6 Å². The van der Waals surface area contributed by atoms with Crippen molar-refractivity contribution in [3.8, 4) is 0 Å². The van der Waals surface area contributed by atoms with Crippen LogP contribution in [-0.2, 0) is 6.54 Å². The zero-order valence-electron chi connectivity index (χ0n) is 16.2. The third-order valence-electron chi connectivity index (χ3n) is 4.28. The lowest BCUT2D eigenvalue weighted by Gasteiger charge is -2.15. The minimum Gasteiger partial charge on any atom is -0.347 e. The Hall–Kier alpha value is -3.28. The fraction of sp³-hybridized carbons (Fsp3) is 0.227. The highest BCUT2D eigenvalue weighted by Gasteiger charge is 2.12. The molecule has 1 amide bonds. The summed E-state index contributed by atoms with van der Waals surface area (Å²) in [6, 6.07) is 15.6. The van der Waals surface area contributed by atoms with Crippen molar-refractivity contribution < 1.29 is 9.18 Å². The van der Waals surface area contributed by atoms with Gasteiger partial charge in [-0.3, -0.25) is 4.79 Å². The van der Waals surface area contributed by atoms with E-state index in [1.807, 2.05) is 18.2 Å². The molecule has 3 aromatic rings. The van der Waals surface area contributed by atoms with E-state index in [1.165, 1.54) is 17.7 Å². The maximum Gasteiger partial charge on any atom is 0.270 e. The first-order chi connectivity index (χ1) is 13.4. The van der Waals surface area contributed by atoms with E-state index in [-0.39, 0.29) is 17.4 Å². The molecule has 2 aromatic carbocycles. The van der Waals surface area contributed by atoms with Gasteiger partial charge in [0.1, 0.15) is 23.2 Å². The molecule has 3 rings (SSSR count). The van der Waals surface area contributed by atoms with Crippen LogP contribution in [0.3, 0.4) is 0 Å². The summed E-state index contributed by atoms with van der Waals surface area (Å²) in [4.78, 5) is 21.1. The first kappa shape index (κ1) is 19.5. The topological polar surface area (TPSA) is 66.9 Å². The van der Waals surface area contributed by atoms with Gasteiger partial charge in [-0.1, -0.05) is 44.2 Å². The summed E-state index contributed by atoms with van der Waals surface area (Å²) in [5.74, 6) is 0.797. The van der Waals surface area contributed by atoms with Crippen molar-refractivity contribution in [3.05, 3.63) is 83.1 Å². The lowest BCUT2D eigenvalue weighted by atomic mass is 10.0. The van der Waals surface area contributed by atoms with Gasteiger partial charge in [-0.25, -0.2) is 14.4 Å². The average Bonchev–Trinajstić information content (AvgIpc) is 2.67. The Balaban J connectivity index is 1.76. The number of hydrogen-bond donors (Lipinski definition) is 2. The summed E-state index contributed by atoms with van der Waals surface area (Å²) in [6.07, 6.45) is 0. The third-order valence-corrected chi connectivity index (χ3v) is 4.28. The van der Waals surface area contributed by atoms with E-state index < -0.39 is 0 Å². The van der Waals surface area contributed by atoms with Gasteiger partial charge in [0.25, 0.3) is 5.91 Å². The standard InChI is InChI=1S/C22H23FN4O/c1-14(2)18-6-4-5-7-19(18)27-21-12-20(25-15(3)26-21)22(28)24-13-16-8-10-17(23)11-9-16/h4-12,14H,13H2,1-3H3,(H,24,28)(H,25,26,27). The van der Waals surface area contributed by atoms with Crippen LogP contribution in [-0.4, -0.2) is 15.9 Å².